The van der Waals surface area contributed by atoms with Crippen molar-refractivity contribution >= 4 is 30.0 Å². The van der Waals surface area contributed by atoms with Crippen LogP contribution in [0.25, 0.3) is 0 Å². The molecule has 0 aromatic heterocycles. The van der Waals surface area contributed by atoms with Crippen molar-refractivity contribution in [3.8, 4) is 0 Å². The molecule has 126 valence electrons. The largest absolute Gasteiger partial charge is 0.377 e. The average molecular weight is 341 g/mol. The van der Waals surface area contributed by atoms with E-state index in [0.29, 0.717) is 0 Å². The van der Waals surface area contributed by atoms with Crippen LogP contribution >= 0.6 is 24.8 Å². The number of benzene rings is 1. The second-order valence-electron chi connectivity index (χ2n) is 5.97. The second-order valence-corrected chi connectivity index (χ2v) is 7.18. The van der Waals surface area contributed by atoms with Crippen LogP contribution in [0.5, 0.6) is 0 Å². The Balaban J connectivity index is 0.000000370. The lowest BCUT2D eigenvalue weighted by Crippen LogP contribution is -2.18. The minimum atomic E-state index is 0. The summed E-state index contributed by atoms with van der Waals surface area (Å²) >= 11 is 8.28. The summed E-state index contributed by atoms with van der Waals surface area (Å²) in [6.07, 6.45) is 9.78. The topological polar surface area (TPSA) is 52.0 Å². The first-order valence-corrected chi connectivity index (χ1v) is 8.68. The fourth-order valence-electron chi connectivity index (χ4n) is 2.14. The molecule has 0 heterocycles. The molecule has 0 aliphatic heterocycles. The molecular formula is C18H32N2S2. The molecule has 2 nitrogen and oxygen atoms in total. The molecule has 0 bridgehead atoms. The highest BCUT2D eigenvalue weighted by Gasteiger charge is 2.17. The molecule has 4 N–H and O–H groups in total. The van der Waals surface area contributed by atoms with Gasteiger partial charge in [0.05, 0.1) is 0 Å². The van der Waals surface area contributed by atoms with E-state index >= 15 is 0 Å². The van der Waals surface area contributed by atoms with Crippen LogP contribution in [0.1, 0.15) is 57.1 Å². The predicted molar refractivity (Wildman–Crippen MR) is 107 cm³/mol. The van der Waals surface area contributed by atoms with Crippen LogP contribution in [0.3, 0.4) is 0 Å². The maximum atomic E-state index is 4.62. The van der Waals surface area contributed by atoms with Crippen molar-refractivity contribution in [3.05, 3.63) is 35.4 Å². The van der Waals surface area contributed by atoms with Gasteiger partial charge in [-0.25, -0.2) is 0 Å². The molecule has 2 aliphatic rings. The Hall–Kier alpha value is -0.740. The summed E-state index contributed by atoms with van der Waals surface area (Å²) in [6.45, 7) is 2.15. The molecule has 4 heteroatoms. The van der Waals surface area contributed by atoms with Crippen molar-refractivity contribution in [3.63, 3.8) is 0 Å². The molecule has 0 radical (unpaired) electrons. The first-order chi connectivity index (χ1) is 9.97. The number of nitrogens with two attached hydrogens (primary N) is 2. The summed E-state index contributed by atoms with van der Waals surface area (Å²) in [5.74, 6) is 0.993. The fourth-order valence-corrected chi connectivity index (χ4v) is 2.51. The SMILES string of the molecule is C.Cc1ccc(CC2CCC2)cc1.NC(N)=S.SC1CCC1. The molecule has 0 atom stereocenters. The normalized spacial score (nSPS) is 16.5. The van der Waals surface area contributed by atoms with Gasteiger partial charge < -0.3 is 11.5 Å². The molecule has 0 spiro atoms. The summed E-state index contributed by atoms with van der Waals surface area (Å²) < 4.78 is 0. The van der Waals surface area contributed by atoms with Crippen molar-refractivity contribution in [2.45, 2.75) is 64.5 Å². The Bertz CT molecular complexity index is 406. The standard InChI is InChI=1S/C12H16.C4H8S.CH4N2S.CH4/c1-10-5-7-12(8-6-10)9-11-3-2-4-11;5-4-2-1-3-4;2-1(3)4;/h5-8,11H,2-4,9H2,1H3;4-5H,1-3H2;(H4,2,3,4);1H4. The summed E-state index contributed by atoms with van der Waals surface area (Å²) in [5, 5.41) is 0.759. The summed E-state index contributed by atoms with van der Waals surface area (Å²) in [7, 11) is 0. The highest BCUT2D eigenvalue weighted by atomic mass is 32.1. The number of rotatable bonds is 2. The number of thiocarbonyl (C=S) groups is 1. The first-order valence-electron chi connectivity index (χ1n) is 7.76. The van der Waals surface area contributed by atoms with E-state index in [1.54, 1.807) is 0 Å². The van der Waals surface area contributed by atoms with E-state index in [1.807, 2.05) is 0 Å². The third-order valence-corrected chi connectivity index (χ3v) is 4.46. The summed E-state index contributed by atoms with van der Waals surface area (Å²) in [6, 6.07) is 8.98. The van der Waals surface area contributed by atoms with Gasteiger partial charge in [-0.1, -0.05) is 62.9 Å². The lowest BCUT2D eigenvalue weighted by molar-refractivity contribution is 0.314. The molecule has 22 heavy (non-hydrogen) atoms. The molecule has 2 aliphatic carbocycles. The van der Waals surface area contributed by atoms with Gasteiger partial charge in [0.1, 0.15) is 0 Å². The van der Waals surface area contributed by atoms with Crippen molar-refractivity contribution in [1.82, 2.24) is 0 Å². The van der Waals surface area contributed by atoms with Crippen LogP contribution in [0, 0.1) is 12.8 Å². The molecule has 1 aromatic rings. The number of hydrogen-bond acceptors (Lipinski definition) is 2. The maximum Gasteiger partial charge on any atom is 0.160 e. The highest BCUT2D eigenvalue weighted by Crippen LogP contribution is 2.29. The molecule has 2 fully saturated rings. The quantitative estimate of drug-likeness (QED) is 0.543. The Kier molecular flexibility index (Phi) is 11.4. The molecule has 2 saturated carbocycles. The van der Waals surface area contributed by atoms with Gasteiger partial charge in [0.15, 0.2) is 5.11 Å². The predicted octanol–water partition coefficient (Wildman–Crippen LogP) is 4.63. The summed E-state index contributed by atoms with van der Waals surface area (Å²) in [4.78, 5) is 0. The van der Waals surface area contributed by atoms with Gasteiger partial charge in [0, 0.05) is 5.25 Å². The van der Waals surface area contributed by atoms with Crippen molar-refractivity contribution in [1.29, 1.82) is 0 Å². The van der Waals surface area contributed by atoms with Gasteiger partial charge in [0.25, 0.3) is 0 Å². The molecule has 3 rings (SSSR count). The van der Waals surface area contributed by atoms with Crippen LogP contribution in [0.4, 0.5) is 0 Å². The van der Waals surface area contributed by atoms with Crippen LogP contribution in [-0.2, 0) is 6.42 Å². The molecule has 0 amide bonds. The fraction of sp³-hybridized carbons (Fsp3) is 0.611. The van der Waals surface area contributed by atoms with Gasteiger partial charge in [-0.2, -0.15) is 12.6 Å². The third-order valence-electron chi connectivity index (χ3n) is 3.94. The van der Waals surface area contributed by atoms with Gasteiger partial charge in [0.2, 0.25) is 0 Å². The molecular weight excluding hydrogens is 308 g/mol. The number of aryl methyl sites for hydroxylation is 1. The zero-order chi connectivity index (χ0) is 15.7. The van der Waals surface area contributed by atoms with Crippen molar-refractivity contribution in [2.75, 3.05) is 0 Å². The van der Waals surface area contributed by atoms with Crippen LogP contribution in [0.2, 0.25) is 0 Å². The minimum absolute atomic E-state index is 0. The highest BCUT2D eigenvalue weighted by molar-refractivity contribution is 7.81. The van der Waals surface area contributed by atoms with E-state index in [-0.39, 0.29) is 12.5 Å². The first kappa shape index (κ1) is 21.3. The minimum Gasteiger partial charge on any atom is -0.377 e. The van der Waals surface area contributed by atoms with E-state index in [4.69, 9.17) is 0 Å². The van der Waals surface area contributed by atoms with Gasteiger partial charge in [-0.05, 0) is 49.9 Å². The molecule has 0 saturated heterocycles. The average Bonchev–Trinajstić information content (AvgIpc) is 2.34. The second kappa shape index (κ2) is 11.8. The number of thiol groups is 1. The van der Waals surface area contributed by atoms with Crippen LogP contribution in [-0.4, -0.2) is 10.4 Å². The smallest absolute Gasteiger partial charge is 0.160 e. The van der Waals surface area contributed by atoms with Crippen LogP contribution in [0.15, 0.2) is 24.3 Å². The lowest BCUT2D eigenvalue weighted by Gasteiger charge is -2.25. The maximum absolute atomic E-state index is 4.62. The van der Waals surface area contributed by atoms with Gasteiger partial charge in [-0.15, -0.1) is 0 Å². The van der Waals surface area contributed by atoms with E-state index in [2.05, 4.69) is 67.5 Å². The van der Waals surface area contributed by atoms with Gasteiger partial charge in [-0.3, -0.25) is 0 Å². The van der Waals surface area contributed by atoms with Crippen LogP contribution < -0.4 is 11.5 Å². The van der Waals surface area contributed by atoms with E-state index < -0.39 is 0 Å². The zero-order valence-electron chi connectivity index (χ0n) is 12.9. The Morgan fingerprint density at radius 2 is 1.50 bits per heavy atom. The Labute approximate surface area is 147 Å². The third kappa shape index (κ3) is 10.1. The lowest BCUT2D eigenvalue weighted by atomic mass is 9.81. The monoisotopic (exact) mass is 340 g/mol. The van der Waals surface area contributed by atoms with E-state index in [9.17, 15) is 0 Å². The molecule has 0 unspecified atom stereocenters. The van der Waals surface area contributed by atoms with Gasteiger partial charge >= 0.3 is 0 Å². The number of hydrogen-bond donors (Lipinski definition) is 3. The van der Waals surface area contributed by atoms with E-state index in [1.165, 1.54) is 56.1 Å². The van der Waals surface area contributed by atoms with E-state index in [0.717, 1.165) is 11.2 Å². The molecule has 1 aromatic carbocycles. The summed E-state index contributed by atoms with van der Waals surface area (Å²) in [5.41, 5.74) is 12.1. The Morgan fingerprint density at radius 1 is 1.09 bits per heavy atom. The zero-order valence-corrected chi connectivity index (χ0v) is 14.6. The van der Waals surface area contributed by atoms with Crippen molar-refractivity contribution < 1.29 is 0 Å². The van der Waals surface area contributed by atoms with Crippen molar-refractivity contribution in [2.24, 2.45) is 17.4 Å². The Morgan fingerprint density at radius 3 is 1.77 bits per heavy atom.